The van der Waals surface area contributed by atoms with Crippen LogP contribution < -0.4 is 5.56 Å². The summed E-state index contributed by atoms with van der Waals surface area (Å²) in [5.41, 5.74) is -0.859. The molecule has 1 fully saturated rings. The van der Waals surface area contributed by atoms with Crippen molar-refractivity contribution in [2.24, 2.45) is 0 Å². The predicted molar refractivity (Wildman–Crippen MR) is 48.4 cm³/mol. The molecule has 0 unspecified atom stereocenters. The van der Waals surface area contributed by atoms with Crippen LogP contribution in [0.3, 0.4) is 0 Å². The van der Waals surface area contributed by atoms with Crippen molar-refractivity contribution in [1.82, 2.24) is 9.97 Å². The highest BCUT2D eigenvalue weighted by atomic mass is 16.4. The van der Waals surface area contributed by atoms with E-state index in [9.17, 15) is 9.59 Å². The molecule has 14 heavy (non-hydrogen) atoms. The third kappa shape index (κ3) is 1.41. The molecule has 5 nitrogen and oxygen atoms in total. The first-order valence-corrected chi connectivity index (χ1v) is 4.51. The van der Waals surface area contributed by atoms with Gasteiger partial charge in [0, 0.05) is 12.1 Å². The molecule has 1 aromatic heterocycles. The van der Waals surface area contributed by atoms with Gasteiger partial charge in [0.15, 0.2) is 0 Å². The van der Waals surface area contributed by atoms with Gasteiger partial charge < -0.3 is 10.1 Å². The van der Waals surface area contributed by atoms with Crippen LogP contribution in [0.1, 0.15) is 41.4 Å². The van der Waals surface area contributed by atoms with Gasteiger partial charge >= 0.3 is 5.97 Å². The summed E-state index contributed by atoms with van der Waals surface area (Å²) in [6, 6.07) is 0. The van der Waals surface area contributed by atoms with E-state index in [4.69, 9.17) is 5.11 Å². The number of nitrogens with one attached hydrogen (secondary N) is 1. The van der Waals surface area contributed by atoms with Gasteiger partial charge in [0.2, 0.25) is 0 Å². The highest BCUT2D eigenvalue weighted by Gasteiger charge is 2.22. The van der Waals surface area contributed by atoms with E-state index in [-0.39, 0.29) is 5.56 Å². The molecular formula is C9H10N2O3. The molecule has 1 heterocycles. The molecule has 0 aliphatic heterocycles. The summed E-state index contributed by atoms with van der Waals surface area (Å²) in [6.45, 7) is 0. The smallest absolute Gasteiger partial charge is 0.342 e. The zero-order chi connectivity index (χ0) is 10.1. The van der Waals surface area contributed by atoms with E-state index in [1.165, 1.54) is 0 Å². The first-order valence-electron chi connectivity index (χ1n) is 4.51. The second kappa shape index (κ2) is 3.25. The molecule has 2 rings (SSSR count). The predicted octanol–water partition coefficient (Wildman–Crippen LogP) is 0.736. The lowest BCUT2D eigenvalue weighted by molar-refractivity contribution is 0.0694. The number of hydrogen-bond donors (Lipinski definition) is 2. The lowest BCUT2D eigenvalue weighted by atomic mass is 9.85. The molecule has 1 aromatic rings. The fraction of sp³-hybridized carbons (Fsp3) is 0.444. The Morgan fingerprint density at radius 1 is 1.57 bits per heavy atom. The topological polar surface area (TPSA) is 83.0 Å². The summed E-state index contributed by atoms with van der Waals surface area (Å²) < 4.78 is 0. The molecule has 0 atom stereocenters. The van der Waals surface area contributed by atoms with Gasteiger partial charge in [-0.15, -0.1) is 0 Å². The third-order valence-electron chi connectivity index (χ3n) is 2.54. The first kappa shape index (κ1) is 8.93. The monoisotopic (exact) mass is 194 g/mol. The van der Waals surface area contributed by atoms with Crippen LogP contribution in [0.2, 0.25) is 0 Å². The van der Waals surface area contributed by atoms with Crippen LogP contribution in [0.15, 0.2) is 11.0 Å². The minimum Gasteiger partial charge on any atom is -0.477 e. The summed E-state index contributed by atoms with van der Waals surface area (Å²) in [4.78, 5) is 28.2. The Bertz CT molecular complexity index is 420. The standard InChI is InChI=1S/C9H10N2O3/c12-8-6(9(13)14)4-10-7(11-8)5-2-1-3-5/h4-5H,1-3H2,(H,13,14)(H,10,11,12). The van der Waals surface area contributed by atoms with Crippen molar-refractivity contribution in [3.05, 3.63) is 27.9 Å². The summed E-state index contributed by atoms with van der Waals surface area (Å²) in [5, 5.41) is 8.61. The van der Waals surface area contributed by atoms with E-state index >= 15 is 0 Å². The van der Waals surface area contributed by atoms with Crippen LogP contribution in [-0.4, -0.2) is 21.0 Å². The van der Waals surface area contributed by atoms with Crippen molar-refractivity contribution in [3.63, 3.8) is 0 Å². The van der Waals surface area contributed by atoms with Gasteiger partial charge in [-0.25, -0.2) is 9.78 Å². The van der Waals surface area contributed by atoms with Crippen molar-refractivity contribution < 1.29 is 9.90 Å². The number of carbonyl (C=O) groups is 1. The van der Waals surface area contributed by atoms with E-state index in [1.54, 1.807) is 0 Å². The van der Waals surface area contributed by atoms with Gasteiger partial charge in [0.1, 0.15) is 11.4 Å². The van der Waals surface area contributed by atoms with Crippen molar-refractivity contribution in [1.29, 1.82) is 0 Å². The fourth-order valence-corrected chi connectivity index (χ4v) is 1.45. The highest BCUT2D eigenvalue weighted by Crippen LogP contribution is 2.33. The summed E-state index contributed by atoms with van der Waals surface area (Å²) in [6.07, 6.45) is 4.33. The van der Waals surface area contributed by atoms with Crippen LogP contribution >= 0.6 is 0 Å². The van der Waals surface area contributed by atoms with E-state index in [0.29, 0.717) is 11.7 Å². The van der Waals surface area contributed by atoms with Gasteiger partial charge in [-0.05, 0) is 12.8 Å². The van der Waals surface area contributed by atoms with Crippen molar-refractivity contribution >= 4 is 5.97 Å². The van der Waals surface area contributed by atoms with E-state index in [2.05, 4.69) is 9.97 Å². The van der Waals surface area contributed by atoms with E-state index < -0.39 is 11.5 Å². The van der Waals surface area contributed by atoms with Gasteiger partial charge in [-0.2, -0.15) is 0 Å². The molecule has 74 valence electrons. The van der Waals surface area contributed by atoms with Crippen molar-refractivity contribution in [2.45, 2.75) is 25.2 Å². The number of hydrogen-bond acceptors (Lipinski definition) is 3. The molecule has 0 amide bonds. The Balaban J connectivity index is 2.35. The minimum atomic E-state index is -1.24. The lowest BCUT2D eigenvalue weighted by Gasteiger charge is -2.23. The van der Waals surface area contributed by atoms with Gasteiger partial charge in [-0.1, -0.05) is 6.42 Å². The fourth-order valence-electron chi connectivity index (χ4n) is 1.45. The van der Waals surface area contributed by atoms with Crippen molar-refractivity contribution in [2.75, 3.05) is 0 Å². The second-order valence-electron chi connectivity index (χ2n) is 3.44. The third-order valence-corrected chi connectivity index (χ3v) is 2.54. The second-order valence-corrected chi connectivity index (χ2v) is 3.44. The number of carboxylic acids is 1. The first-order chi connectivity index (χ1) is 6.68. The molecule has 0 bridgehead atoms. The molecule has 0 spiro atoms. The number of aromatic carboxylic acids is 1. The van der Waals surface area contributed by atoms with E-state index in [1.807, 2.05) is 0 Å². The molecule has 2 N–H and O–H groups in total. The highest BCUT2D eigenvalue weighted by molar-refractivity contribution is 5.86. The summed E-state index contributed by atoms with van der Waals surface area (Å²) >= 11 is 0. The zero-order valence-electron chi connectivity index (χ0n) is 7.49. The summed E-state index contributed by atoms with van der Waals surface area (Å²) in [5.74, 6) is -0.310. The number of aromatic nitrogens is 2. The number of aromatic amines is 1. The molecular weight excluding hydrogens is 184 g/mol. The minimum absolute atomic E-state index is 0.298. The summed E-state index contributed by atoms with van der Waals surface area (Å²) in [7, 11) is 0. The number of H-pyrrole nitrogens is 1. The molecule has 1 aliphatic carbocycles. The Kier molecular flexibility index (Phi) is 2.07. The molecule has 0 saturated heterocycles. The SMILES string of the molecule is O=C(O)c1cnc(C2CCC2)[nH]c1=O. The number of nitrogens with zero attached hydrogens (tertiary/aromatic N) is 1. The van der Waals surface area contributed by atoms with Gasteiger partial charge in [0.05, 0.1) is 0 Å². The molecule has 5 heteroatoms. The Morgan fingerprint density at radius 3 is 2.71 bits per heavy atom. The Hall–Kier alpha value is -1.65. The lowest BCUT2D eigenvalue weighted by Crippen LogP contribution is -2.23. The van der Waals surface area contributed by atoms with Gasteiger partial charge in [0.25, 0.3) is 5.56 Å². The molecule has 1 aliphatic rings. The molecule has 0 radical (unpaired) electrons. The van der Waals surface area contributed by atoms with Crippen molar-refractivity contribution in [3.8, 4) is 0 Å². The normalized spacial score (nSPS) is 16.3. The maximum absolute atomic E-state index is 11.2. The van der Waals surface area contributed by atoms with Crippen LogP contribution in [0.4, 0.5) is 0 Å². The Morgan fingerprint density at radius 2 is 2.29 bits per heavy atom. The van der Waals surface area contributed by atoms with E-state index in [0.717, 1.165) is 25.5 Å². The van der Waals surface area contributed by atoms with Crippen LogP contribution in [0, 0.1) is 0 Å². The average molecular weight is 194 g/mol. The van der Waals surface area contributed by atoms with Crippen LogP contribution in [0.5, 0.6) is 0 Å². The average Bonchev–Trinajstić information content (AvgIpc) is 2.00. The quantitative estimate of drug-likeness (QED) is 0.727. The number of rotatable bonds is 2. The maximum Gasteiger partial charge on any atom is 0.342 e. The molecule has 1 saturated carbocycles. The Labute approximate surface area is 79.8 Å². The largest absolute Gasteiger partial charge is 0.477 e. The zero-order valence-corrected chi connectivity index (χ0v) is 7.49. The van der Waals surface area contributed by atoms with Crippen LogP contribution in [0.25, 0.3) is 0 Å². The maximum atomic E-state index is 11.2. The van der Waals surface area contributed by atoms with Gasteiger partial charge in [-0.3, -0.25) is 4.79 Å². The molecule has 0 aromatic carbocycles. The number of carboxylic acid groups (broad SMARTS) is 1. The van der Waals surface area contributed by atoms with Crippen LogP contribution in [-0.2, 0) is 0 Å².